The van der Waals surface area contributed by atoms with Crippen LogP contribution < -0.4 is 10.6 Å². The van der Waals surface area contributed by atoms with Crippen molar-refractivity contribution in [2.75, 3.05) is 46.4 Å². The van der Waals surface area contributed by atoms with Crippen LogP contribution in [0.3, 0.4) is 0 Å². The summed E-state index contributed by atoms with van der Waals surface area (Å²) in [5.74, 6) is 0.975. The minimum Gasteiger partial charge on any atom is -0.385 e. The van der Waals surface area contributed by atoms with Crippen LogP contribution in [0.25, 0.3) is 0 Å². The molecule has 142 valence electrons. The van der Waals surface area contributed by atoms with Crippen molar-refractivity contribution in [1.29, 1.82) is 0 Å². The van der Waals surface area contributed by atoms with Crippen molar-refractivity contribution in [1.82, 2.24) is 15.5 Å². The number of aliphatic imine (C=N–C) groups is 1. The first kappa shape index (κ1) is 22.0. The summed E-state index contributed by atoms with van der Waals surface area (Å²) >= 11 is 0. The van der Waals surface area contributed by atoms with Gasteiger partial charge in [-0.15, -0.1) is 24.0 Å². The van der Waals surface area contributed by atoms with Crippen LogP contribution in [0.4, 0.5) is 0 Å². The molecule has 0 saturated heterocycles. The zero-order valence-corrected chi connectivity index (χ0v) is 18.1. The molecule has 0 heterocycles. The van der Waals surface area contributed by atoms with E-state index in [-0.39, 0.29) is 24.0 Å². The summed E-state index contributed by atoms with van der Waals surface area (Å²) in [6, 6.07) is 0.841. The molecule has 0 unspecified atom stereocenters. The Balaban J connectivity index is 0.00000288. The highest BCUT2D eigenvalue weighted by molar-refractivity contribution is 14.0. The molecule has 24 heavy (non-hydrogen) atoms. The SMILES string of the molecule is CCNC(=NCC1(CCOC)CCC1)NCCN(CC)C1CC1.I. The maximum atomic E-state index is 5.27. The second-order valence-corrected chi connectivity index (χ2v) is 7.08. The van der Waals surface area contributed by atoms with Crippen molar-refractivity contribution in [2.24, 2.45) is 10.4 Å². The molecule has 0 aromatic rings. The summed E-state index contributed by atoms with van der Waals surface area (Å²) in [6.45, 7) is 10.3. The number of hydrogen-bond donors (Lipinski definition) is 2. The third-order valence-electron chi connectivity index (χ3n) is 5.33. The summed E-state index contributed by atoms with van der Waals surface area (Å²) in [5, 5.41) is 6.90. The topological polar surface area (TPSA) is 48.9 Å². The number of nitrogens with zero attached hydrogens (tertiary/aromatic N) is 2. The monoisotopic (exact) mass is 452 g/mol. The first-order chi connectivity index (χ1) is 11.2. The van der Waals surface area contributed by atoms with Gasteiger partial charge in [-0.1, -0.05) is 13.3 Å². The summed E-state index contributed by atoms with van der Waals surface area (Å²) in [7, 11) is 1.79. The van der Waals surface area contributed by atoms with Crippen molar-refractivity contribution in [3.05, 3.63) is 0 Å². The molecule has 2 fully saturated rings. The van der Waals surface area contributed by atoms with Crippen molar-refractivity contribution < 1.29 is 4.74 Å². The molecule has 0 bridgehead atoms. The first-order valence-electron chi connectivity index (χ1n) is 9.48. The lowest BCUT2D eigenvalue weighted by Crippen LogP contribution is -2.43. The third-order valence-corrected chi connectivity index (χ3v) is 5.33. The average molecular weight is 452 g/mol. The molecule has 6 heteroatoms. The largest absolute Gasteiger partial charge is 0.385 e. The zero-order valence-electron chi connectivity index (χ0n) is 15.8. The molecule has 0 atom stereocenters. The minimum atomic E-state index is 0. The van der Waals surface area contributed by atoms with Crippen LogP contribution in [0, 0.1) is 5.41 Å². The molecule has 0 spiro atoms. The van der Waals surface area contributed by atoms with Gasteiger partial charge in [0.05, 0.1) is 0 Å². The van der Waals surface area contributed by atoms with Crippen molar-refractivity contribution in [3.63, 3.8) is 0 Å². The second kappa shape index (κ2) is 11.5. The van der Waals surface area contributed by atoms with Crippen LogP contribution in [0.1, 0.15) is 52.4 Å². The van der Waals surface area contributed by atoms with Gasteiger partial charge in [-0.3, -0.25) is 9.89 Å². The molecule has 2 aliphatic rings. The maximum Gasteiger partial charge on any atom is 0.191 e. The van der Waals surface area contributed by atoms with Gasteiger partial charge in [0.15, 0.2) is 5.96 Å². The van der Waals surface area contributed by atoms with Gasteiger partial charge in [0.2, 0.25) is 0 Å². The standard InChI is InChI=1S/C18H36N4O.HI/c1-4-19-17(20-12-13-22(5-2)16-7-8-16)21-15-18(9-6-10-18)11-14-23-3;/h16H,4-15H2,1-3H3,(H2,19,20,21);1H. The van der Waals surface area contributed by atoms with Gasteiger partial charge in [-0.2, -0.15) is 0 Å². The van der Waals surface area contributed by atoms with E-state index in [1.165, 1.54) is 32.1 Å². The Hall–Kier alpha value is -0.0800. The van der Waals surface area contributed by atoms with E-state index in [0.29, 0.717) is 5.41 Å². The Labute approximate surface area is 165 Å². The normalized spacial score (nSPS) is 19.6. The Morgan fingerprint density at radius 2 is 2.00 bits per heavy atom. The molecular weight excluding hydrogens is 415 g/mol. The molecular formula is C18H37IN4O. The van der Waals surface area contributed by atoms with Crippen molar-refractivity contribution >= 4 is 29.9 Å². The number of guanidine groups is 1. The predicted octanol–water partition coefficient (Wildman–Crippen LogP) is 2.85. The van der Waals surface area contributed by atoms with Gasteiger partial charge in [-0.25, -0.2) is 0 Å². The minimum absolute atomic E-state index is 0. The van der Waals surface area contributed by atoms with Gasteiger partial charge >= 0.3 is 0 Å². The maximum absolute atomic E-state index is 5.27. The molecule has 2 rings (SSSR count). The van der Waals surface area contributed by atoms with Crippen LogP contribution in [-0.2, 0) is 4.74 Å². The molecule has 0 amide bonds. The van der Waals surface area contributed by atoms with E-state index in [4.69, 9.17) is 9.73 Å². The van der Waals surface area contributed by atoms with E-state index in [9.17, 15) is 0 Å². The second-order valence-electron chi connectivity index (χ2n) is 7.08. The number of nitrogens with one attached hydrogen (secondary N) is 2. The van der Waals surface area contributed by atoms with Crippen LogP contribution in [-0.4, -0.2) is 63.3 Å². The molecule has 0 aromatic carbocycles. The van der Waals surface area contributed by atoms with E-state index in [1.807, 2.05) is 0 Å². The Morgan fingerprint density at radius 1 is 1.25 bits per heavy atom. The number of rotatable bonds is 11. The molecule has 2 saturated carbocycles. The quantitative estimate of drug-likeness (QED) is 0.288. The van der Waals surface area contributed by atoms with E-state index in [2.05, 4.69) is 29.4 Å². The smallest absolute Gasteiger partial charge is 0.191 e. The third kappa shape index (κ3) is 7.04. The highest BCUT2D eigenvalue weighted by Crippen LogP contribution is 2.44. The lowest BCUT2D eigenvalue weighted by molar-refractivity contribution is 0.0778. The summed E-state index contributed by atoms with van der Waals surface area (Å²) in [5.41, 5.74) is 0.391. The number of methoxy groups -OCH3 is 1. The fourth-order valence-corrected chi connectivity index (χ4v) is 3.43. The fourth-order valence-electron chi connectivity index (χ4n) is 3.43. The summed E-state index contributed by atoms with van der Waals surface area (Å²) < 4.78 is 5.27. The molecule has 0 radical (unpaired) electrons. The number of hydrogen-bond acceptors (Lipinski definition) is 3. The predicted molar refractivity (Wildman–Crippen MR) is 112 cm³/mol. The van der Waals surface area contributed by atoms with E-state index in [1.54, 1.807) is 7.11 Å². The number of halogens is 1. The highest BCUT2D eigenvalue weighted by Gasteiger charge is 2.36. The van der Waals surface area contributed by atoms with Gasteiger partial charge in [0.1, 0.15) is 0 Å². The zero-order chi connectivity index (χ0) is 16.5. The summed E-state index contributed by atoms with van der Waals surface area (Å²) in [4.78, 5) is 7.44. The van der Waals surface area contributed by atoms with Crippen LogP contribution in [0.2, 0.25) is 0 Å². The lowest BCUT2D eigenvalue weighted by Gasteiger charge is -2.40. The highest BCUT2D eigenvalue weighted by atomic mass is 127. The van der Waals surface area contributed by atoms with Crippen LogP contribution >= 0.6 is 24.0 Å². The Kier molecular flexibility index (Phi) is 10.5. The first-order valence-corrected chi connectivity index (χ1v) is 9.48. The molecule has 5 nitrogen and oxygen atoms in total. The van der Waals surface area contributed by atoms with Crippen molar-refractivity contribution in [3.8, 4) is 0 Å². The van der Waals surface area contributed by atoms with Gasteiger partial charge in [0.25, 0.3) is 0 Å². The van der Waals surface area contributed by atoms with E-state index < -0.39 is 0 Å². The molecule has 2 aliphatic carbocycles. The van der Waals surface area contributed by atoms with Crippen LogP contribution in [0.15, 0.2) is 4.99 Å². The Bertz CT molecular complexity index is 370. The molecule has 0 aromatic heterocycles. The molecule has 0 aliphatic heterocycles. The fraction of sp³-hybridized carbons (Fsp3) is 0.944. The van der Waals surface area contributed by atoms with Gasteiger partial charge in [-0.05, 0) is 51.0 Å². The summed E-state index contributed by atoms with van der Waals surface area (Å²) in [6.07, 6.45) is 7.83. The van der Waals surface area contributed by atoms with Gasteiger partial charge in [0, 0.05) is 45.9 Å². The molecule has 2 N–H and O–H groups in total. The number of likely N-dealkylation sites (N-methyl/N-ethyl adjacent to an activating group) is 1. The van der Waals surface area contributed by atoms with Crippen molar-refractivity contribution in [2.45, 2.75) is 58.4 Å². The lowest BCUT2D eigenvalue weighted by atomic mass is 9.67. The van der Waals surface area contributed by atoms with E-state index >= 15 is 0 Å². The van der Waals surface area contributed by atoms with E-state index in [0.717, 1.165) is 57.8 Å². The van der Waals surface area contributed by atoms with Crippen LogP contribution in [0.5, 0.6) is 0 Å². The number of ether oxygens (including phenoxy) is 1. The van der Waals surface area contributed by atoms with Gasteiger partial charge < -0.3 is 15.4 Å². The average Bonchev–Trinajstić information content (AvgIpc) is 3.34. The Morgan fingerprint density at radius 3 is 2.50 bits per heavy atom.